The van der Waals surface area contributed by atoms with Crippen LogP contribution in [-0.4, -0.2) is 27.9 Å². The van der Waals surface area contributed by atoms with Crippen LogP contribution >= 0.6 is 0 Å². The highest BCUT2D eigenvalue weighted by Crippen LogP contribution is 2.19. The number of carbonyl (C=O) groups excluding carboxylic acids is 1. The van der Waals surface area contributed by atoms with Crippen molar-refractivity contribution in [1.82, 2.24) is 9.13 Å². The summed E-state index contributed by atoms with van der Waals surface area (Å²) < 4.78 is 8.81. The van der Waals surface area contributed by atoms with Crippen LogP contribution < -0.4 is 10.6 Å². The number of rotatable bonds is 5. The molecule has 1 amide bonds. The maximum atomic E-state index is 12.8. The molecule has 6 nitrogen and oxygen atoms in total. The molecule has 6 heteroatoms. The zero-order valence-corrected chi connectivity index (χ0v) is 18.3. The smallest absolute Gasteiger partial charge is 0.414 e. The van der Waals surface area contributed by atoms with Crippen molar-refractivity contribution in [2.75, 3.05) is 11.9 Å². The SMILES string of the molecule is Cc1ccccc1Cn1ccn(Cc2cccc(N(C)C(=O)OC(C)(C)C)c2)c1=O. The van der Waals surface area contributed by atoms with Gasteiger partial charge in [0, 0.05) is 25.1 Å². The lowest BCUT2D eigenvalue weighted by molar-refractivity contribution is 0.0589. The highest BCUT2D eigenvalue weighted by molar-refractivity contribution is 5.87. The predicted molar refractivity (Wildman–Crippen MR) is 119 cm³/mol. The Kier molecular flexibility index (Phi) is 6.15. The third-order valence-electron chi connectivity index (χ3n) is 4.84. The van der Waals surface area contributed by atoms with Crippen LogP contribution in [-0.2, 0) is 17.8 Å². The number of anilines is 1. The van der Waals surface area contributed by atoms with Crippen LogP contribution in [0.15, 0.2) is 65.7 Å². The largest absolute Gasteiger partial charge is 0.443 e. The van der Waals surface area contributed by atoms with Crippen LogP contribution in [0.4, 0.5) is 10.5 Å². The second-order valence-corrected chi connectivity index (χ2v) is 8.47. The fourth-order valence-corrected chi connectivity index (χ4v) is 3.16. The maximum absolute atomic E-state index is 12.8. The Bertz CT molecular complexity index is 1090. The molecule has 3 rings (SSSR count). The summed E-state index contributed by atoms with van der Waals surface area (Å²) in [5, 5.41) is 0. The molecule has 0 saturated heterocycles. The van der Waals surface area contributed by atoms with Crippen molar-refractivity contribution in [2.45, 2.75) is 46.4 Å². The predicted octanol–water partition coefficient (Wildman–Crippen LogP) is 4.43. The minimum atomic E-state index is -0.559. The molecule has 0 bridgehead atoms. The Hall–Kier alpha value is -3.28. The lowest BCUT2D eigenvalue weighted by Gasteiger charge is -2.25. The molecule has 3 aromatic rings. The van der Waals surface area contributed by atoms with Gasteiger partial charge in [-0.15, -0.1) is 0 Å². The van der Waals surface area contributed by atoms with Gasteiger partial charge in [0.2, 0.25) is 0 Å². The van der Waals surface area contributed by atoms with E-state index < -0.39 is 11.7 Å². The van der Waals surface area contributed by atoms with Crippen molar-refractivity contribution in [2.24, 2.45) is 0 Å². The van der Waals surface area contributed by atoms with E-state index in [1.165, 1.54) is 4.90 Å². The molecule has 0 radical (unpaired) electrons. The molecule has 1 aromatic heterocycles. The Morgan fingerprint density at radius 2 is 1.67 bits per heavy atom. The Balaban J connectivity index is 1.75. The second kappa shape index (κ2) is 8.61. The lowest BCUT2D eigenvalue weighted by Crippen LogP contribution is -2.34. The number of carbonyl (C=O) groups is 1. The molecule has 30 heavy (non-hydrogen) atoms. The van der Waals surface area contributed by atoms with Gasteiger partial charge in [-0.2, -0.15) is 0 Å². The molecule has 0 unspecified atom stereocenters. The van der Waals surface area contributed by atoms with E-state index in [1.54, 1.807) is 22.4 Å². The first-order valence-electron chi connectivity index (χ1n) is 10.00. The van der Waals surface area contributed by atoms with Gasteiger partial charge in [-0.25, -0.2) is 9.59 Å². The van der Waals surface area contributed by atoms with E-state index in [0.717, 1.165) is 16.7 Å². The molecule has 2 aromatic carbocycles. The summed E-state index contributed by atoms with van der Waals surface area (Å²) in [7, 11) is 1.68. The van der Waals surface area contributed by atoms with Crippen molar-refractivity contribution in [3.8, 4) is 0 Å². The Labute approximate surface area is 177 Å². The van der Waals surface area contributed by atoms with Gasteiger partial charge in [0.25, 0.3) is 0 Å². The van der Waals surface area contributed by atoms with Gasteiger partial charge in [-0.1, -0.05) is 36.4 Å². The van der Waals surface area contributed by atoms with Crippen LogP contribution in [0.25, 0.3) is 0 Å². The van der Waals surface area contributed by atoms with Gasteiger partial charge >= 0.3 is 11.8 Å². The van der Waals surface area contributed by atoms with Crippen molar-refractivity contribution in [3.63, 3.8) is 0 Å². The van der Waals surface area contributed by atoms with E-state index in [1.807, 2.05) is 82.4 Å². The summed E-state index contributed by atoms with van der Waals surface area (Å²) in [6.07, 6.45) is 3.19. The zero-order chi connectivity index (χ0) is 21.9. The fourth-order valence-electron chi connectivity index (χ4n) is 3.16. The normalized spacial score (nSPS) is 11.4. The van der Waals surface area contributed by atoms with Crippen LogP contribution in [0.1, 0.15) is 37.5 Å². The number of amides is 1. The van der Waals surface area contributed by atoms with E-state index in [9.17, 15) is 9.59 Å². The first kappa shape index (κ1) is 21.4. The lowest BCUT2D eigenvalue weighted by atomic mass is 10.1. The maximum Gasteiger partial charge on any atom is 0.414 e. The molecule has 1 heterocycles. The molecule has 0 N–H and O–H groups in total. The standard InChI is InChI=1S/C24H29N3O3/c1-18-9-6-7-11-20(18)17-27-14-13-26(22(27)28)16-19-10-8-12-21(15-19)25(5)23(29)30-24(2,3)4/h6-15H,16-17H2,1-5H3. The molecule has 0 aliphatic rings. The number of nitrogens with zero attached hydrogens (tertiary/aromatic N) is 3. The average Bonchev–Trinajstić information content (AvgIpc) is 3.01. The van der Waals surface area contributed by atoms with E-state index in [4.69, 9.17) is 4.74 Å². The third-order valence-corrected chi connectivity index (χ3v) is 4.84. The summed E-state index contributed by atoms with van der Waals surface area (Å²) >= 11 is 0. The topological polar surface area (TPSA) is 56.5 Å². The molecule has 0 aliphatic carbocycles. The summed E-state index contributed by atoms with van der Waals surface area (Å²) in [5.41, 5.74) is 3.31. The quantitative estimate of drug-likeness (QED) is 0.629. The number of benzene rings is 2. The number of aromatic nitrogens is 2. The van der Waals surface area contributed by atoms with Crippen molar-refractivity contribution < 1.29 is 9.53 Å². The number of imidazole rings is 1. The number of hydrogen-bond donors (Lipinski definition) is 0. The average molecular weight is 408 g/mol. The highest BCUT2D eigenvalue weighted by Gasteiger charge is 2.20. The first-order valence-corrected chi connectivity index (χ1v) is 10.00. The van der Waals surface area contributed by atoms with Gasteiger partial charge in [-0.3, -0.25) is 14.0 Å². The molecule has 0 saturated carbocycles. The highest BCUT2D eigenvalue weighted by atomic mass is 16.6. The molecule has 0 aliphatic heterocycles. The summed E-state index contributed by atoms with van der Waals surface area (Å²) in [6, 6.07) is 15.6. The molecule has 0 spiro atoms. The fraction of sp³-hybridized carbons (Fsp3) is 0.333. The van der Waals surface area contributed by atoms with Gasteiger partial charge in [0.05, 0.1) is 13.1 Å². The van der Waals surface area contributed by atoms with Crippen molar-refractivity contribution >= 4 is 11.8 Å². The molecular weight excluding hydrogens is 378 g/mol. The van der Waals surface area contributed by atoms with Gasteiger partial charge in [-0.05, 0) is 56.5 Å². The van der Waals surface area contributed by atoms with E-state index in [0.29, 0.717) is 18.8 Å². The zero-order valence-electron chi connectivity index (χ0n) is 18.3. The second-order valence-electron chi connectivity index (χ2n) is 8.47. The number of hydrogen-bond acceptors (Lipinski definition) is 3. The van der Waals surface area contributed by atoms with Crippen LogP contribution in [0, 0.1) is 6.92 Å². The van der Waals surface area contributed by atoms with Gasteiger partial charge in [0.15, 0.2) is 0 Å². The minimum absolute atomic E-state index is 0.0656. The minimum Gasteiger partial charge on any atom is -0.443 e. The Morgan fingerprint density at radius 1 is 1.00 bits per heavy atom. The van der Waals surface area contributed by atoms with Crippen molar-refractivity contribution in [1.29, 1.82) is 0 Å². The van der Waals surface area contributed by atoms with E-state index in [2.05, 4.69) is 0 Å². The van der Waals surface area contributed by atoms with Crippen molar-refractivity contribution in [3.05, 3.63) is 88.1 Å². The van der Waals surface area contributed by atoms with Gasteiger partial charge < -0.3 is 4.74 Å². The first-order chi connectivity index (χ1) is 14.1. The van der Waals surface area contributed by atoms with E-state index >= 15 is 0 Å². The van der Waals surface area contributed by atoms with E-state index in [-0.39, 0.29) is 5.69 Å². The molecular formula is C24H29N3O3. The van der Waals surface area contributed by atoms with Crippen LogP contribution in [0.3, 0.4) is 0 Å². The Morgan fingerprint density at radius 3 is 2.33 bits per heavy atom. The summed E-state index contributed by atoms with van der Waals surface area (Å²) in [6.45, 7) is 8.52. The third kappa shape index (κ3) is 5.20. The summed E-state index contributed by atoms with van der Waals surface area (Å²) in [4.78, 5) is 26.6. The van der Waals surface area contributed by atoms with Crippen LogP contribution in [0.5, 0.6) is 0 Å². The van der Waals surface area contributed by atoms with Gasteiger partial charge in [0.1, 0.15) is 5.60 Å². The monoisotopic (exact) mass is 407 g/mol. The molecule has 0 atom stereocenters. The summed E-state index contributed by atoms with van der Waals surface area (Å²) in [5.74, 6) is 0. The number of aryl methyl sites for hydroxylation is 1. The van der Waals surface area contributed by atoms with Crippen LogP contribution in [0.2, 0.25) is 0 Å². The molecule has 0 fully saturated rings. The molecule has 158 valence electrons. The number of ether oxygens (including phenoxy) is 1.